The van der Waals surface area contributed by atoms with Crippen molar-refractivity contribution in [1.29, 1.82) is 0 Å². The van der Waals surface area contributed by atoms with Gasteiger partial charge in [0.05, 0.1) is 0 Å². The van der Waals surface area contributed by atoms with Gasteiger partial charge in [-0.2, -0.15) is 0 Å². The lowest BCUT2D eigenvalue weighted by molar-refractivity contribution is -0.126. The van der Waals surface area contributed by atoms with Gasteiger partial charge in [-0.3, -0.25) is 9.69 Å². The van der Waals surface area contributed by atoms with Crippen LogP contribution >= 0.6 is 12.4 Å². The Morgan fingerprint density at radius 2 is 1.82 bits per heavy atom. The van der Waals surface area contributed by atoms with Crippen LogP contribution in [-0.2, 0) is 4.79 Å². The van der Waals surface area contributed by atoms with Crippen molar-refractivity contribution < 1.29 is 4.79 Å². The van der Waals surface area contributed by atoms with E-state index in [2.05, 4.69) is 42.5 Å². The number of hydrogen-bond acceptors (Lipinski definition) is 3. The van der Waals surface area contributed by atoms with E-state index in [4.69, 9.17) is 0 Å². The second-order valence-electron chi connectivity index (χ2n) is 6.11. The van der Waals surface area contributed by atoms with Crippen molar-refractivity contribution >= 4 is 18.3 Å². The lowest BCUT2D eigenvalue weighted by Crippen LogP contribution is -2.48. The Kier molecular flexibility index (Phi) is 11.2. The molecule has 22 heavy (non-hydrogen) atoms. The van der Waals surface area contributed by atoms with Crippen molar-refractivity contribution in [3.05, 3.63) is 25.3 Å². The molecule has 5 heteroatoms. The van der Waals surface area contributed by atoms with Gasteiger partial charge in [0.2, 0.25) is 5.91 Å². The molecule has 0 spiro atoms. The molecule has 0 bridgehead atoms. The summed E-state index contributed by atoms with van der Waals surface area (Å²) in [6.45, 7) is 16.3. The van der Waals surface area contributed by atoms with Crippen LogP contribution in [0.4, 0.5) is 0 Å². The van der Waals surface area contributed by atoms with Gasteiger partial charge in [0.1, 0.15) is 0 Å². The third kappa shape index (κ3) is 6.95. The van der Waals surface area contributed by atoms with Crippen molar-refractivity contribution in [2.24, 2.45) is 11.8 Å². The van der Waals surface area contributed by atoms with E-state index >= 15 is 0 Å². The predicted molar refractivity (Wildman–Crippen MR) is 96.4 cm³/mol. The number of amides is 1. The van der Waals surface area contributed by atoms with Gasteiger partial charge < -0.3 is 10.6 Å². The molecule has 1 atom stereocenters. The van der Waals surface area contributed by atoms with Gasteiger partial charge in [0, 0.05) is 31.6 Å². The van der Waals surface area contributed by atoms with Crippen molar-refractivity contribution in [2.75, 3.05) is 32.7 Å². The first-order valence-corrected chi connectivity index (χ1v) is 8.04. The quantitative estimate of drug-likeness (QED) is 0.638. The Bertz CT molecular complexity index is 331. The normalized spacial score (nSPS) is 16.9. The van der Waals surface area contributed by atoms with E-state index in [1.807, 2.05) is 12.2 Å². The zero-order valence-electron chi connectivity index (χ0n) is 14.0. The van der Waals surface area contributed by atoms with Gasteiger partial charge in [-0.15, -0.1) is 25.6 Å². The Hall–Kier alpha value is -0.840. The maximum Gasteiger partial charge on any atom is 0.223 e. The lowest BCUT2D eigenvalue weighted by atomic mass is 9.96. The third-order valence-corrected chi connectivity index (χ3v) is 4.16. The summed E-state index contributed by atoms with van der Waals surface area (Å²) in [5.74, 6) is 0.851. The number of carbonyl (C=O) groups excluding carboxylic acids is 1. The molecule has 0 aromatic carbocycles. The molecule has 128 valence electrons. The minimum Gasteiger partial charge on any atom is -0.354 e. The minimum absolute atomic E-state index is 0. The molecule has 1 saturated heterocycles. The average molecular weight is 330 g/mol. The molecular formula is C17H32ClN3O. The Morgan fingerprint density at radius 3 is 2.27 bits per heavy atom. The second-order valence-corrected chi connectivity index (χ2v) is 6.11. The molecule has 1 unspecified atom stereocenters. The number of carbonyl (C=O) groups is 1. The number of halogens is 1. The minimum atomic E-state index is 0. The molecule has 1 aliphatic heterocycles. The van der Waals surface area contributed by atoms with Crippen LogP contribution in [-0.4, -0.2) is 49.6 Å². The molecule has 1 aliphatic rings. The second kappa shape index (κ2) is 11.7. The molecule has 2 N–H and O–H groups in total. The van der Waals surface area contributed by atoms with Crippen LogP contribution < -0.4 is 10.6 Å². The Morgan fingerprint density at radius 1 is 1.27 bits per heavy atom. The van der Waals surface area contributed by atoms with E-state index in [-0.39, 0.29) is 24.2 Å². The smallest absolute Gasteiger partial charge is 0.223 e. The number of nitrogens with one attached hydrogen (secondary N) is 2. The van der Waals surface area contributed by atoms with E-state index in [1.54, 1.807) is 0 Å². The molecule has 0 aliphatic carbocycles. The van der Waals surface area contributed by atoms with E-state index in [1.165, 1.54) is 0 Å². The predicted octanol–water partition coefficient (Wildman–Crippen LogP) is 2.22. The lowest BCUT2D eigenvalue weighted by Gasteiger charge is -2.33. The fourth-order valence-electron chi connectivity index (χ4n) is 2.90. The van der Waals surface area contributed by atoms with E-state index < -0.39 is 0 Å². The van der Waals surface area contributed by atoms with Crippen molar-refractivity contribution in [1.82, 2.24) is 15.5 Å². The summed E-state index contributed by atoms with van der Waals surface area (Å²) in [5.41, 5.74) is 0. The summed E-state index contributed by atoms with van der Waals surface area (Å²) in [7, 11) is 0. The fraction of sp³-hybridized carbons (Fsp3) is 0.706. The van der Waals surface area contributed by atoms with Crippen LogP contribution in [0.25, 0.3) is 0 Å². The fourth-order valence-corrected chi connectivity index (χ4v) is 2.90. The van der Waals surface area contributed by atoms with Gasteiger partial charge in [0.15, 0.2) is 0 Å². The van der Waals surface area contributed by atoms with Crippen LogP contribution in [0.1, 0.15) is 26.7 Å². The third-order valence-electron chi connectivity index (χ3n) is 4.16. The summed E-state index contributed by atoms with van der Waals surface area (Å²) in [4.78, 5) is 14.6. The number of piperidine rings is 1. The molecule has 4 nitrogen and oxygen atoms in total. The summed E-state index contributed by atoms with van der Waals surface area (Å²) in [5, 5.41) is 6.45. The molecule has 1 heterocycles. The first kappa shape index (κ1) is 21.2. The van der Waals surface area contributed by atoms with Crippen LogP contribution in [0.2, 0.25) is 0 Å². The maximum absolute atomic E-state index is 12.3. The summed E-state index contributed by atoms with van der Waals surface area (Å²) >= 11 is 0. The van der Waals surface area contributed by atoms with E-state index in [0.717, 1.165) is 39.0 Å². The maximum atomic E-state index is 12.3. The SMILES string of the molecule is C=CCN(CC=C)C(CNC(=O)C1CCNCC1)C(C)C.Cl. The van der Waals surface area contributed by atoms with Crippen LogP contribution in [0.3, 0.4) is 0 Å². The number of rotatable bonds is 9. The van der Waals surface area contributed by atoms with Gasteiger partial charge in [-0.05, 0) is 31.8 Å². The topological polar surface area (TPSA) is 44.4 Å². The highest BCUT2D eigenvalue weighted by Crippen LogP contribution is 2.13. The largest absolute Gasteiger partial charge is 0.354 e. The number of nitrogens with zero attached hydrogens (tertiary/aromatic N) is 1. The summed E-state index contributed by atoms with van der Waals surface area (Å²) < 4.78 is 0. The van der Waals surface area contributed by atoms with Crippen molar-refractivity contribution in [2.45, 2.75) is 32.7 Å². The highest BCUT2D eigenvalue weighted by Gasteiger charge is 2.24. The Labute approximate surface area is 141 Å². The zero-order valence-corrected chi connectivity index (χ0v) is 14.8. The van der Waals surface area contributed by atoms with Crippen molar-refractivity contribution in [3.8, 4) is 0 Å². The van der Waals surface area contributed by atoms with Crippen LogP contribution in [0, 0.1) is 11.8 Å². The molecule has 1 amide bonds. The standard InChI is InChI=1S/C17H31N3O.ClH/c1-5-11-20(12-6-2)16(14(3)4)13-19-17(21)15-7-9-18-10-8-15;/h5-6,14-16,18H,1-2,7-13H2,3-4H3,(H,19,21);1H. The highest BCUT2D eigenvalue weighted by atomic mass is 35.5. The first-order chi connectivity index (χ1) is 10.1. The van der Waals surface area contributed by atoms with Crippen molar-refractivity contribution in [3.63, 3.8) is 0 Å². The Balaban J connectivity index is 0.00000441. The van der Waals surface area contributed by atoms with E-state index in [9.17, 15) is 4.79 Å². The molecule has 0 saturated carbocycles. The monoisotopic (exact) mass is 329 g/mol. The highest BCUT2D eigenvalue weighted by molar-refractivity contribution is 5.85. The molecule has 0 aromatic heterocycles. The molecule has 1 fully saturated rings. The summed E-state index contributed by atoms with van der Waals surface area (Å²) in [6, 6.07) is 0.312. The van der Waals surface area contributed by atoms with E-state index in [0.29, 0.717) is 18.5 Å². The molecule has 0 radical (unpaired) electrons. The van der Waals surface area contributed by atoms with Gasteiger partial charge in [0.25, 0.3) is 0 Å². The number of hydrogen-bond donors (Lipinski definition) is 2. The van der Waals surface area contributed by atoms with Gasteiger partial charge in [-0.1, -0.05) is 26.0 Å². The van der Waals surface area contributed by atoms with Crippen LogP contribution in [0.5, 0.6) is 0 Å². The average Bonchev–Trinajstić information content (AvgIpc) is 2.48. The zero-order chi connectivity index (χ0) is 15.7. The molecular weight excluding hydrogens is 298 g/mol. The first-order valence-electron chi connectivity index (χ1n) is 8.04. The molecule has 1 rings (SSSR count). The van der Waals surface area contributed by atoms with Gasteiger partial charge >= 0.3 is 0 Å². The summed E-state index contributed by atoms with van der Waals surface area (Å²) in [6.07, 6.45) is 5.71. The van der Waals surface area contributed by atoms with Crippen LogP contribution in [0.15, 0.2) is 25.3 Å². The van der Waals surface area contributed by atoms with Gasteiger partial charge in [-0.25, -0.2) is 0 Å². The molecule has 0 aromatic rings.